The smallest absolute Gasteiger partial charge is 0.186 e. The van der Waals surface area contributed by atoms with Crippen LogP contribution < -0.4 is 4.90 Å². The van der Waals surface area contributed by atoms with E-state index in [-0.39, 0.29) is 12.4 Å². The molecular formula is C15H19BrClN3S. The van der Waals surface area contributed by atoms with Crippen molar-refractivity contribution in [2.45, 2.75) is 6.92 Å². The Labute approximate surface area is 144 Å². The van der Waals surface area contributed by atoms with E-state index in [0.29, 0.717) is 0 Å². The Morgan fingerprint density at radius 1 is 1.10 bits per heavy atom. The van der Waals surface area contributed by atoms with E-state index in [1.165, 1.54) is 10.4 Å². The molecule has 0 spiro atoms. The Hall–Kier alpha value is -0.620. The van der Waals surface area contributed by atoms with Crippen molar-refractivity contribution in [3.05, 3.63) is 33.6 Å². The lowest BCUT2D eigenvalue weighted by Crippen LogP contribution is -2.44. The number of halogens is 2. The van der Waals surface area contributed by atoms with Crippen molar-refractivity contribution >= 4 is 44.8 Å². The number of likely N-dealkylation sites (N-methyl/N-ethyl adjacent to an activating group) is 1. The maximum Gasteiger partial charge on any atom is 0.186 e. The fourth-order valence-electron chi connectivity index (χ4n) is 2.39. The van der Waals surface area contributed by atoms with Crippen LogP contribution in [-0.2, 0) is 0 Å². The summed E-state index contributed by atoms with van der Waals surface area (Å²) >= 11 is 5.28. The van der Waals surface area contributed by atoms with Crippen molar-refractivity contribution in [2.24, 2.45) is 0 Å². The zero-order valence-corrected chi connectivity index (χ0v) is 15.4. The number of thiazole rings is 1. The summed E-state index contributed by atoms with van der Waals surface area (Å²) in [5, 5.41) is 1.16. The second kappa shape index (κ2) is 7.09. The molecule has 2 aromatic rings. The third-order valence-electron chi connectivity index (χ3n) is 3.68. The topological polar surface area (TPSA) is 19.4 Å². The van der Waals surface area contributed by atoms with Crippen LogP contribution >= 0.6 is 39.7 Å². The number of nitrogens with zero attached hydrogens (tertiary/aromatic N) is 3. The number of aryl methyl sites for hydroxylation is 1. The fourth-order valence-corrected chi connectivity index (χ4v) is 3.64. The lowest BCUT2D eigenvalue weighted by Gasteiger charge is -2.32. The van der Waals surface area contributed by atoms with Gasteiger partial charge in [0.2, 0.25) is 0 Å². The zero-order valence-electron chi connectivity index (χ0n) is 12.2. The summed E-state index contributed by atoms with van der Waals surface area (Å²) in [6.07, 6.45) is 0. The van der Waals surface area contributed by atoms with Crippen LogP contribution in [0, 0.1) is 6.92 Å². The number of hydrogen-bond donors (Lipinski definition) is 0. The summed E-state index contributed by atoms with van der Waals surface area (Å²) in [6, 6.07) is 8.40. The summed E-state index contributed by atoms with van der Waals surface area (Å²) in [5.74, 6) is 0. The van der Waals surface area contributed by atoms with Gasteiger partial charge in [-0.25, -0.2) is 4.98 Å². The van der Waals surface area contributed by atoms with Crippen molar-refractivity contribution < 1.29 is 0 Å². The van der Waals surface area contributed by atoms with Gasteiger partial charge in [-0.15, -0.1) is 23.7 Å². The van der Waals surface area contributed by atoms with Crippen molar-refractivity contribution in [3.63, 3.8) is 0 Å². The van der Waals surface area contributed by atoms with E-state index in [4.69, 9.17) is 4.98 Å². The fraction of sp³-hybridized carbons (Fsp3) is 0.400. The highest BCUT2D eigenvalue weighted by Gasteiger charge is 2.19. The first-order valence-corrected chi connectivity index (χ1v) is 8.41. The molecule has 21 heavy (non-hydrogen) atoms. The van der Waals surface area contributed by atoms with Crippen LogP contribution in [0.4, 0.5) is 5.13 Å². The molecule has 0 N–H and O–H groups in total. The van der Waals surface area contributed by atoms with Gasteiger partial charge in [0.1, 0.15) is 0 Å². The van der Waals surface area contributed by atoms with E-state index in [2.05, 4.69) is 64.0 Å². The highest BCUT2D eigenvalue weighted by Crippen LogP contribution is 2.33. The summed E-state index contributed by atoms with van der Waals surface area (Å²) in [7, 11) is 2.18. The summed E-state index contributed by atoms with van der Waals surface area (Å²) in [6.45, 7) is 6.54. The standard InChI is InChI=1S/C15H18BrN3S.ClH/c1-11-14(12-3-5-13(16)6-4-12)17-15(20-11)19-9-7-18(2)8-10-19;/h3-6H,7-10H2,1-2H3;1H. The lowest BCUT2D eigenvalue weighted by atomic mass is 10.1. The van der Waals surface area contributed by atoms with Crippen molar-refractivity contribution in [3.8, 4) is 11.3 Å². The Bertz CT molecular complexity index is 591. The molecule has 0 saturated carbocycles. The molecule has 1 aliphatic rings. The van der Waals surface area contributed by atoms with Gasteiger partial charge < -0.3 is 9.80 Å². The van der Waals surface area contributed by atoms with E-state index in [9.17, 15) is 0 Å². The molecule has 1 saturated heterocycles. The van der Waals surface area contributed by atoms with Gasteiger partial charge in [0.15, 0.2) is 5.13 Å². The number of benzene rings is 1. The highest BCUT2D eigenvalue weighted by atomic mass is 79.9. The Kier molecular flexibility index (Phi) is 5.66. The lowest BCUT2D eigenvalue weighted by molar-refractivity contribution is 0.313. The SMILES string of the molecule is Cc1sc(N2CCN(C)CC2)nc1-c1ccc(Br)cc1.Cl. The van der Waals surface area contributed by atoms with Gasteiger partial charge in [-0.05, 0) is 26.1 Å². The predicted molar refractivity (Wildman–Crippen MR) is 96.9 cm³/mol. The summed E-state index contributed by atoms with van der Waals surface area (Å²) < 4.78 is 1.11. The van der Waals surface area contributed by atoms with Crippen LogP contribution in [-0.4, -0.2) is 43.1 Å². The number of piperazine rings is 1. The molecule has 0 aliphatic carbocycles. The zero-order chi connectivity index (χ0) is 14.1. The molecule has 1 aromatic heterocycles. The Balaban J connectivity index is 0.00000161. The number of hydrogen-bond acceptors (Lipinski definition) is 4. The molecule has 0 unspecified atom stereocenters. The predicted octanol–water partition coefficient (Wildman–Crippen LogP) is 4.05. The molecule has 1 fully saturated rings. The monoisotopic (exact) mass is 387 g/mol. The third kappa shape index (κ3) is 3.77. The minimum atomic E-state index is 0. The average Bonchev–Trinajstić information content (AvgIpc) is 2.82. The van der Waals surface area contributed by atoms with E-state index in [1.54, 1.807) is 11.3 Å². The molecule has 0 amide bonds. The number of aromatic nitrogens is 1. The van der Waals surface area contributed by atoms with E-state index >= 15 is 0 Å². The maximum atomic E-state index is 4.87. The molecule has 1 aliphatic heterocycles. The second-order valence-corrected chi connectivity index (χ2v) is 7.30. The van der Waals surface area contributed by atoms with E-state index < -0.39 is 0 Å². The molecule has 3 nitrogen and oxygen atoms in total. The van der Waals surface area contributed by atoms with Crippen molar-refractivity contribution in [1.82, 2.24) is 9.88 Å². The first kappa shape index (κ1) is 16.7. The van der Waals surface area contributed by atoms with Gasteiger partial charge in [0.05, 0.1) is 5.69 Å². The minimum absolute atomic E-state index is 0. The maximum absolute atomic E-state index is 4.87. The molecule has 3 rings (SSSR count). The quantitative estimate of drug-likeness (QED) is 0.773. The van der Waals surface area contributed by atoms with Crippen LogP contribution in [0.5, 0.6) is 0 Å². The van der Waals surface area contributed by atoms with Crippen LogP contribution in [0.15, 0.2) is 28.7 Å². The molecule has 0 atom stereocenters. The summed E-state index contributed by atoms with van der Waals surface area (Å²) in [5.41, 5.74) is 2.32. The van der Waals surface area contributed by atoms with Gasteiger partial charge in [-0.2, -0.15) is 0 Å². The summed E-state index contributed by atoms with van der Waals surface area (Å²) in [4.78, 5) is 10.9. The van der Waals surface area contributed by atoms with Crippen LogP contribution in [0.3, 0.4) is 0 Å². The molecule has 2 heterocycles. The molecule has 6 heteroatoms. The van der Waals surface area contributed by atoms with Crippen molar-refractivity contribution in [1.29, 1.82) is 0 Å². The minimum Gasteiger partial charge on any atom is -0.346 e. The highest BCUT2D eigenvalue weighted by molar-refractivity contribution is 9.10. The molecule has 114 valence electrons. The van der Waals surface area contributed by atoms with Crippen molar-refractivity contribution in [2.75, 3.05) is 38.1 Å². The van der Waals surface area contributed by atoms with E-state index in [0.717, 1.165) is 41.5 Å². The number of anilines is 1. The molecular weight excluding hydrogens is 370 g/mol. The van der Waals surface area contributed by atoms with Gasteiger partial charge in [0, 0.05) is 41.1 Å². The first-order chi connectivity index (χ1) is 9.63. The Morgan fingerprint density at radius 2 is 1.71 bits per heavy atom. The van der Waals surface area contributed by atoms with Crippen LogP contribution in [0.2, 0.25) is 0 Å². The first-order valence-electron chi connectivity index (χ1n) is 6.80. The van der Waals surface area contributed by atoms with Gasteiger partial charge in [-0.3, -0.25) is 0 Å². The largest absolute Gasteiger partial charge is 0.346 e. The number of rotatable bonds is 2. The molecule has 1 aromatic carbocycles. The second-order valence-electron chi connectivity index (χ2n) is 5.20. The normalized spacial score (nSPS) is 15.9. The van der Waals surface area contributed by atoms with Gasteiger partial charge >= 0.3 is 0 Å². The van der Waals surface area contributed by atoms with Crippen LogP contribution in [0.25, 0.3) is 11.3 Å². The van der Waals surface area contributed by atoms with Gasteiger partial charge in [-0.1, -0.05) is 28.1 Å². The van der Waals surface area contributed by atoms with Gasteiger partial charge in [0.25, 0.3) is 0 Å². The molecule has 0 bridgehead atoms. The Morgan fingerprint density at radius 3 is 2.33 bits per heavy atom. The molecule has 0 radical (unpaired) electrons. The van der Waals surface area contributed by atoms with Crippen LogP contribution in [0.1, 0.15) is 4.88 Å². The third-order valence-corrected chi connectivity index (χ3v) is 5.24. The van der Waals surface area contributed by atoms with E-state index in [1.807, 2.05) is 0 Å². The average molecular weight is 389 g/mol.